The van der Waals surface area contributed by atoms with Gasteiger partial charge in [-0.25, -0.2) is 4.98 Å². The number of nitrogens with one attached hydrogen (secondary N) is 1. The largest absolute Gasteiger partial charge is 0.426 e. The molecule has 1 heterocycles. The quantitative estimate of drug-likeness (QED) is 0.316. The molecule has 0 unspecified atom stereocenters. The monoisotopic (exact) mass is 425 g/mol. The number of nitrogens with zero attached hydrogens (tertiary/aromatic N) is 2. The van der Waals surface area contributed by atoms with E-state index in [-0.39, 0.29) is 11.8 Å². The molecule has 0 bridgehead atoms. The topological polar surface area (TPSA) is 75.3 Å². The molecule has 1 N–H and O–H groups in total. The smallest absolute Gasteiger partial charge is 0.311 e. The number of hydrogen-bond acceptors (Lipinski definition) is 5. The fourth-order valence-corrected chi connectivity index (χ4v) is 4.18. The maximum atomic E-state index is 12.8. The lowest BCUT2D eigenvalue weighted by Gasteiger charge is -2.08. The van der Waals surface area contributed by atoms with E-state index in [9.17, 15) is 9.59 Å². The highest BCUT2D eigenvalue weighted by Crippen LogP contribution is 2.42. The minimum absolute atomic E-state index is 0.0389. The predicted molar refractivity (Wildman–Crippen MR) is 124 cm³/mol. The van der Waals surface area contributed by atoms with Crippen molar-refractivity contribution in [2.75, 3.05) is 20.6 Å². The molecule has 0 fully saturated rings. The van der Waals surface area contributed by atoms with Crippen molar-refractivity contribution in [3.63, 3.8) is 0 Å². The third-order valence-electron chi connectivity index (χ3n) is 5.68. The van der Waals surface area contributed by atoms with Crippen LogP contribution in [0.1, 0.15) is 28.8 Å². The summed E-state index contributed by atoms with van der Waals surface area (Å²) in [6.07, 6.45) is 1.12. The Hall–Kier alpha value is -3.77. The van der Waals surface area contributed by atoms with Crippen molar-refractivity contribution < 1.29 is 14.3 Å². The molecule has 4 aromatic rings. The first-order chi connectivity index (χ1) is 15.5. The zero-order valence-electron chi connectivity index (χ0n) is 18.0. The second kappa shape index (κ2) is 8.05. The van der Waals surface area contributed by atoms with Crippen molar-refractivity contribution in [2.24, 2.45) is 0 Å². The second-order valence-corrected chi connectivity index (χ2v) is 8.25. The lowest BCUT2D eigenvalue weighted by Crippen LogP contribution is -2.16. The van der Waals surface area contributed by atoms with E-state index in [1.54, 1.807) is 12.1 Å². The summed E-state index contributed by atoms with van der Waals surface area (Å²) >= 11 is 0. The van der Waals surface area contributed by atoms with Gasteiger partial charge in [-0.3, -0.25) is 9.59 Å². The normalized spacial score (nSPS) is 12.3. The number of rotatable bonds is 6. The van der Waals surface area contributed by atoms with Crippen molar-refractivity contribution in [3.8, 4) is 28.3 Å². The third kappa shape index (κ3) is 3.59. The lowest BCUT2D eigenvalue weighted by molar-refractivity contribution is -0.134. The molecule has 0 aliphatic heterocycles. The number of ether oxygens (including phenoxy) is 1. The number of imidazole rings is 1. The van der Waals surface area contributed by atoms with Crippen molar-refractivity contribution in [1.82, 2.24) is 14.9 Å². The molecule has 160 valence electrons. The van der Waals surface area contributed by atoms with E-state index in [0.29, 0.717) is 23.6 Å². The fourth-order valence-electron chi connectivity index (χ4n) is 4.18. The number of benzene rings is 3. The summed E-state index contributed by atoms with van der Waals surface area (Å²) in [5.41, 5.74) is 5.65. The van der Waals surface area contributed by atoms with Gasteiger partial charge >= 0.3 is 5.97 Å². The molecule has 6 heteroatoms. The highest BCUT2D eigenvalue weighted by Gasteiger charge is 2.29. The number of H-pyrrole nitrogens is 1. The number of aromatic amines is 1. The van der Waals surface area contributed by atoms with Gasteiger partial charge in [0.2, 0.25) is 0 Å². The molecule has 0 saturated carbocycles. The molecule has 1 aliphatic rings. The van der Waals surface area contributed by atoms with Crippen LogP contribution < -0.4 is 4.74 Å². The second-order valence-electron chi connectivity index (χ2n) is 8.25. The lowest BCUT2D eigenvalue weighted by atomic mass is 9.99. The van der Waals surface area contributed by atoms with Crippen LogP contribution in [0.2, 0.25) is 0 Å². The summed E-state index contributed by atoms with van der Waals surface area (Å²) in [6.45, 7) is 0.838. The average molecular weight is 425 g/mol. The number of aromatic nitrogens is 2. The zero-order valence-corrected chi connectivity index (χ0v) is 18.0. The van der Waals surface area contributed by atoms with Crippen LogP contribution >= 0.6 is 0 Å². The number of esters is 1. The molecule has 0 spiro atoms. The molecule has 0 saturated heterocycles. The summed E-state index contributed by atoms with van der Waals surface area (Å²) in [5, 5.41) is 0. The van der Waals surface area contributed by atoms with Gasteiger partial charge in [0, 0.05) is 34.7 Å². The van der Waals surface area contributed by atoms with Crippen LogP contribution in [0.25, 0.3) is 33.5 Å². The van der Waals surface area contributed by atoms with Crippen LogP contribution in [-0.2, 0) is 4.79 Å². The standard InChI is InChI=1S/C26H23N3O3/c1-29(2)14-6-11-23(30)32-16-12-13-21-22(15-16)28-26(27-21)20-10-5-9-19-24(20)17-7-3-4-8-18(17)25(19)31/h3-5,7-10,12-13,15H,6,11,14H2,1-2H3,(H,27,28). The minimum Gasteiger partial charge on any atom is -0.426 e. The van der Waals surface area contributed by atoms with E-state index in [1.165, 1.54) is 0 Å². The molecule has 32 heavy (non-hydrogen) atoms. The number of hydrogen-bond donors (Lipinski definition) is 1. The van der Waals surface area contributed by atoms with Gasteiger partial charge in [-0.2, -0.15) is 0 Å². The molecular weight excluding hydrogens is 402 g/mol. The van der Waals surface area contributed by atoms with Crippen molar-refractivity contribution >= 4 is 22.8 Å². The average Bonchev–Trinajstić information content (AvgIpc) is 3.33. The van der Waals surface area contributed by atoms with Gasteiger partial charge in [0.15, 0.2) is 5.78 Å². The molecule has 6 nitrogen and oxygen atoms in total. The fraction of sp³-hybridized carbons (Fsp3) is 0.192. The summed E-state index contributed by atoms with van der Waals surface area (Å²) in [7, 11) is 3.96. The third-order valence-corrected chi connectivity index (χ3v) is 5.68. The Kier molecular flexibility index (Phi) is 5.07. The van der Waals surface area contributed by atoms with Crippen molar-refractivity contribution in [2.45, 2.75) is 12.8 Å². The Morgan fingerprint density at radius 3 is 2.53 bits per heavy atom. The molecule has 0 atom stereocenters. The van der Waals surface area contributed by atoms with Crippen LogP contribution in [0.4, 0.5) is 0 Å². The van der Waals surface area contributed by atoms with Gasteiger partial charge in [-0.05, 0) is 44.8 Å². The van der Waals surface area contributed by atoms with Gasteiger partial charge in [0.25, 0.3) is 0 Å². The summed E-state index contributed by atoms with van der Waals surface area (Å²) in [6, 6.07) is 18.7. The number of fused-ring (bicyclic) bond motifs is 4. The molecular formula is C26H23N3O3. The van der Waals surface area contributed by atoms with Crippen LogP contribution in [0.15, 0.2) is 60.7 Å². The van der Waals surface area contributed by atoms with E-state index in [4.69, 9.17) is 9.72 Å². The Labute approximate surface area is 185 Å². The predicted octanol–water partition coefficient (Wildman–Crippen LogP) is 4.69. The Balaban J connectivity index is 1.45. The molecule has 1 aromatic heterocycles. The zero-order chi connectivity index (χ0) is 22.2. The maximum Gasteiger partial charge on any atom is 0.311 e. The number of ketones is 1. The minimum atomic E-state index is -0.248. The molecule has 0 amide bonds. The van der Waals surface area contributed by atoms with E-state index >= 15 is 0 Å². The Morgan fingerprint density at radius 2 is 1.72 bits per heavy atom. The van der Waals surface area contributed by atoms with Crippen LogP contribution in [0, 0.1) is 0 Å². The first-order valence-corrected chi connectivity index (χ1v) is 10.6. The van der Waals surface area contributed by atoms with Crippen molar-refractivity contribution in [3.05, 3.63) is 71.8 Å². The summed E-state index contributed by atoms with van der Waals surface area (Å²) in [4.78, 5) is 35.1. The molecule has 1 aliphatic carbocycles. The molecule has 3 aromatic carbocycles. The van der Waals surface area contributed by atoms with Crippen molar-refractivity contribution in [1.29, 1.82) is 0 Å². The molecule has 5 rings (SSSR count). The number of carbonyl (C=O) groups excluding carboxylic acids is 2. The summed E-state index contributed by atoms with van der Waals surface area (Å²) < 4.78 is 5.50. The number of carbonyl (C=O) groups is 2. The van der Waals surface area contributed by atoms with Crippen LogP contribution in [0.5, 0.6) is 5.75 Å². The van der Waals surface area contributed by atoms with Gasteiger partial charge in [-0.1, -0.05) is 42.5 Å². The Bertz CT molecular complexity index is 1350. The SMILES string of the molecule is CN(C)CCCC(=O)Oc1ccc2nc(-c3cccc4c3-c3ccccc3C4=O)[nH]c2c1. The highest BCUT2D eigenvalue weighted by molar-refractivity contribution is 6.23. The van der Waals surface area contributed by atoms with Crippen LogP contribution in [0.3, 0.4) is 0 Å². The highest BCUT2D eigenvalue weighted by atomic mass is 16.5. The summed E-state index contributed by atoms with van der Waals surface area (Å²) in [5.74, 6) is 0.955. The first-order valence-electron chi connectivity index (χ1n) is 10.6. The Morgan fingerprint density at radius 1 is 0.969 bits per heavy atom. The maximum absolute atomic E-state index is 12.8. The van der Waals surface area contributed by atoms with Gasteiger partial charge in [0.05, 0.1) is 11.0 Å². The van der Waals surface area contributed by atoms with Crippen LogP contribution in [-0.4, -0.2) is 47.3 Å². The molecule has 0 radical (unpaired) electrons. The first kappa shape index (κ1) is 20.2. The van der Waals surface area contributed by atoms with E-state index in [0.717, 1.165) is 46.3 Å². The van der Waals surface area contributed by atoms with E-state index in [2.05, 4.69) is 4.98 Å². The van der Waals surface area contributed by atoms with Gasteiger partial charge in [0.1, 0.15) is 11.6 Å². The van der Waals surface area contributed by atoms with E-state index < -0.39 is 0 Å². The van der Waals surface area contributed by atoms with E-state index in [1.807, 2.05) is 67.5 Å². The van der Waals surface area contributed by atoms with Gasteiger partial charge < -0.3 is 14.6 Å². The van der Waals surface area contributed by atoms with Gasteiger partial charge in [-0.15, -0.1) is 0 Å².